The third-order valence-electron chi connectivity index (χ3n) is 4.31. The molecule has 2 amide bonds. The molecule has 0 unspecified atom stereocenters. The van der Waals surface area contributed by atoms with E-state index in [4.69, 9.17) is 4.74 Å². The summed E-state index contributed by atoms with van der Waals surface area (Å²) in [7, 11) is 0. The first-order valence-electron chi connectivity index (χ1n) is 9.47. The number of rotatable bonds is 6. The summed E-state index contributed by atoms with van der Waals surface area (Å²) in [6, 6.07) is 22.3. The number of hydrogen-bond acceptors (Lipinski definition) is 4. The van der Waals surface area contributed by atoms with Crippen LogP contribution in [-0.4, -0.2) is 23.9 Å². The standard InChI is InChI=1S/C24H22N2O4/c1-16(23(28)26-21-13-12-19-10-6-7-11-20(19)15-21)30-24(29)22(25-17(2)27)14-18-8-4-3-5-9-18/h3-16H,1-2H3,(H,25,27)(H,26,28)/b22-14+/t16-/m0/s1. The maximum Gasteiger partial charge on any atom is 0.355 e. The van der Waals surface area contributed by atoms with Crippen LogP contribution in [0.1, 0.15) is 19.4 Å². The second kappa shape index (κ2) is 9.52. The summed E-state index contributed by atoms with van der Waals surface area (Å²) in [5.41, 5.74) is 1.27. The smallest absolute Gasteiger partial charge is 0.355 e. The molecule has 0 aliphatic rings. The summed E-state index contributed by atoms with van der Waals surface area (Å²) >= 11 is 0. The van der Waals surface area contributed by atoms with Crippen molar-refractivity contribution < 1.29 is 19.1 Å². The van der Waals surface area contributed by atoms with Gasteiger partial charge in [0.05, 0.1) is 0 Å². The molecule has 0 aliphatic heterocycles. The fourth-order valence-electron chi connectivity index (χ4n) is 2.84. The Hall–Kier alpha value is -3.93. The van der Waals surface area contributed by atoms with Crippen LogP contribution in [0.5, 0.6) is 0 Å². The van der Waals surface area contributed by atoms with Crippen LogP contribution in [0.4, 0.5) is 5.69 Å². The Bertz CT molecular complexity index is 1110. The number of carbonyl (C=O) groups is 3. The van der Waals surface area contributed by atoms with E-state index in [1.165, 1.54) is 19.9 Å². The van der Waals surface area contributed by atoms with Gasteiger partial charge in [0.2, 0.25) is 5.91 Å². The molecular formula is C24H22N2O4. The van der Waals surface area contributed by atoms with Crippen molar-refractivity contribution in [2.75, 3.05) is 5.32 Å². The van der Waals surface area contributed by atoms with Gasteiger partial charge in [-0.3, -0.25) is 9.59 Å². The number of nitrogens with one attached hydrogen (secondary N) is 2. The van der Waals surface area contributed by atoms with E-state index in [-0.39, 0.29) is 5.70 Å². The minimum atomic E-state index is -1.06. The Kier molecular flexibility index (Phi) is 6.60. The van der Waals surface area contributed by atoms with E-state index >= 15 is 0 Å². The van der Waals surface area contributed by atoms with Crippen LogP contribution in [-0.2, 0) is 19.1 Å². The molecule has 0 spiro atoms. The first kappa shape index (κ1) is 20.8. The molecule has 3 aromatic carbocycles. The van der Waals surface area contributed by atoms with Crippen LogP contribution in [0.25, 0.3) is 16.8 Å². The summed E-state index contributed by atoms with van der Waals surface area (Å²) in [6.07, 6.45) is 0.439. The lowest BCUT2D eigenvalue weighted by molar-refractivity contribution is -0.149. The molecule has 0 aliphatic carbocycles. The Morgan fingerprint density at radius 1 is 0.900 bits per heavy atom. The molecular weight excluding hydrogens is 380 g/mol. The topological polar surface area (TPSA) is 84.5 Å². The van der Waals surface area contributed by atoms with Crippen molar-refractivity contribution in [3.63, 3.8) is 0 Å². The molecule has 0 saturated heterocycles. The van der Waals surface area contributed by atoms with Crippen molar-refractivity contribution in [3.8, 4) is 0 Å². The molecule has 152 valence electrons. The molecule has 0 radical (unpaired) electrons. The van der Waals surface area contributed by atoms with E-state index in [0.29, 0.717) is 11.3 Å². The van der Waals surface area contributed by atoms with Gasteiger partial charge in [-0.25, -0.2) is 4.79 Å². The summed E-state index contributed by atoms with van der Waals surface area (Å²) in [5, 5.41) is 7.25. The third-order valence-corrected chi connectivity index (χ3v) is 4.31. The number of ether oxygens (including phenoxy) is 1. The highest BCUT2D eigenvalue weighted by molar-refractivity contribution is 6.01. The Morgan fingerprint density at radius 3 is 2.27 bits per heavy atom. The molecule has 0 aromatic heterocycles. The molecule has 1 atom stereocenters. The Balaban J connectivity index is 1.69. The van der Waals surface area contributed by atoms with Gasteiger partial charge in [0, 0.05) is 12.6 Å². The average molecular weight is 402 g/mol. The molecule has 6 heteroatoms. The van der Waals surface area contributed by atoms with Gasteiger partial charge in [-0.1, -0.05) is 60.7 Å². The van der Waals surface area contributed by atoms with Crippen LogP contribution < -0.4 is 10.6 Å². The SMILES string of the molecule is CC(=O)N/C(=C/c1ccccc1)C(=O)O[C@@H](C)C(=O)Nc1ccc2ccccc2c1. The molecule has 6 nitrogen and oxygen atoms in total. The first-order valence-corrected chi connectivity index (χ1v) is 9.47. The van der Waals surface area contributed by atoms with Gasteiger partial charge in [0.15, 0.2) is 6.10 Å². The number of amides is 2. The lowest BCUT2D eigenvalue weighted by atomic mass is 10.1. The normalized spacial score (nSPS) is 12.1. The lowest BCUT2D eigenvalue weighted by Crippen LogP contribution is -2.33. The van der Waals surface area contributed by atoms with Crippen LogP contribution in [0.2, 0.25) is 0 Å². The van der Waals surface area contributed by atoms with Crippen LogP contribution >= 0.6 is 0 Å². The van der Waals surface area contributed by atoms with E-state index in [1.807, 2.05) is 54.6 Å². The van der Waals surface area contributed by atoms with Crippen LogP contribution in [0.3, 0.4) is 0 Å². The monoisotopic (exact) mass is 402 g/mol. The van der Waals surface area contributed by atoms with Crippen molar-refractivity contribution in [3.05, 3.63) is 84.1 Å². The van der Waals surface area contributed by atoms with Gasteiger partial charge in [-0.2, -0.15) is 0 Å². The van der Waals surface area contributed by atoms with Gasteiger partial charge in [0.25, 0.3) is 5.91 Å². The van der Waals surface area contributed by atoms with Gasteiger partial charge in [0.1, 0.15) is 5.70 Å². The number of fused-ring (bicyclic) bond motifs is 1. The highest BCUT2D eigenvalue weighted by Gasteiger charge is 2.21. The van der Waals surface area contributed by atoms with Crippen molar-refractivity contribution in [1.82, 2.24) is 5.32 Å². The number of hydrogen-bond donors (Lipinski definition) is 2. The number of carbonyl (C=O) groups excluding carboxylic acids is 3. The van der Waals surface area contributed by atoms with Crippen molar-refractivity contribution >= 4 is 40.3 Å². The predicted molar refractivity (Wildman–Crippen MR) is 116 cm³/mol. The summed E-state index contributed by atoms with van der Waals surface area (Å²) in [4.78, 5) is 36.5. The minimum absolute atomic E-state index is 0.0425. The second-order valence-corrected chi connectivity index (χ2v) is 6.75. The zero-order chi connectivity index (χ0) is 21.5. The van der Waals surface area contributed by atoms with E-state index in [0.717, 1.165) is 10.8 Å². The van der Waals surface area contributed by atoms with Crippen LogP contribution in [0.15, 0.2) is 78.5 Å². The highest BCUT2D eigenvalue weighted by atomic mass is 16.5. The quantitative estimate of drug-likeness (QED) is 0.484. The summed E-state index contributed by atoms with van der Waals surface area (Å²) in [6.45, 7) is 2.77. The second-order valence-electron chi connectivity index (χ2n) is 6.75. The van der Waals surface area contributed by atoms with Gasteiger partial charge in [-0.05, 0) is 41.5 Å². The van der Waals surface area contributed by atoms with Gasteiger partial charge in [-0.15, -0.1) is 0 Å². The van der Waals surface area contributed by atoms with Crippen molar-refractivity contribution in [1.29, 1.82) is 0 Å². The number of benzene rings is 3. The fraction of sp³-hybridized carbons (Fsp3) is 0.125. The first-order chi connectivity index (χ1) is 14.4. The maximum atomic E-state index is 12.5. The molecule has 0 saturated carbocycles. The Morgan fingerprint density at radius 2 is 1.57 bits per heavy atom. The molecule has 0 bridgehead atoms. The molecule has 2 N–H and O–H groups in total. The molecule has 3 rings (SSSR count). The lowest BCUT2D eigenvalue weighted by Gasteiger charge is -2.15. The predicted octanol–water partition coefficient (Wildman–Crippen LogP) is 3.89. The summed E-state index contributed by atoms with van der Waals surface area (Å²) in [5.74, 6) is -1.68. The van der Waals surface area contributed by atoms with Crippen LogP contribution in [0, 0.1) is 0 Å². The molecule has 3 aromatic rings. The van der Waals surface area contributed by atoms with E-state index in [9.17, 15) is 14.4 Å². The molecule has 0 fully saturated rings. The molecule has 0 heterocycles. The van der Waals surface area contributed by atoms with E-state index in [2.05, 4.69) is 10.6 Å². The van der Waals surface area contributed by atoms with Gasteiger partial charge < -0.3 is 15.4 Å². The fourth-order valence-corrected chi connectivity index (χ4v) is 2.84. The zero-order valence-corrected chi connectivity index (χ0v) is 16.7. The zero-order valence-electron chi connectivity index (χ0n) is 16.7. The largest absolute Gasteiger partial charge is 0.448 e. The average Bonchev–Trinajstić information content (AvgIpc) is 2.73. The number of esters is 1. The van der Waals surface area contributed by atoms with Crippen molar-refractivity contribution in [2.45, 2.75) is 20.0 Å². The number of anilines is 1. The van der Waals surface area contributed by atoms with E-state index < -0.39 is 23.9 Å². The maximum absolute atomic E-state index is 12.5. The van der Waals surface area contributed by atoms with Gasteiger partial charge >= 0.3 is 5.97 Å². The highest BCUT2D eigenvalue weighted by Crippen LogP contribution is 2.19. The molecule has 30 heavy (non-hydrogen) atoms. The Labute approximate surface area is 174 Å². The minimum Gasteiger partial charge on any atom is -0.448 e. The van der Waals surface area contributed by atoms with Crippen molar-refractivity contribution in [2.24, 2.45) is 0 Å². The van der Waals surface area contributed by atoms with E-state index in [1.54, 1.807) is 18.2 Å². The third kappa shape index (κ3) is 5.54. The summed E-state index contributed by atoms with van der Waals surface area (Å²) < 4.78 is 5.27.